The molecule has 6 heteroatoms. The Kier molecular flexibility index (Phi) is 10.6. The molecule has 4 nitrogen and oxygen atoms in total. The third kappa shape index (κ3) is 8.31. The maximum Gasteiger partial charge on any atom is 0.125 e. The van der Waals surface area contributed by atoms with E-state index in [2.05, 4.69) is 19.0 Å². The first kappa shape index (κ1) is 24.1. The predicted molar refractivity (Wildman–Crippen MR) is 125 cm³/mol. The highest BCUT2D eigenvalue weighted by atomic mass is 35.5. The van der Waals surface area contributed by atoms with Crippen LogP contribution in [0.1, 0.15) is 36.5 Å². The second kappa shape index (κ2) is 13.2. The molecule has 0 heterocycles. The molecular weight excluding hydrogens is 421 g/mol. The molecule has 0 spiro atoms. The smallest absolute Gasteiger partial charge is 0.125 e. The number of benzene rings is 2. The summed E-state index contributed by atoms with van der Waals surface area (Å²) in [5, 5.41) is 0. The highest BCUT2D eigenvalue weighted by Gasteiger charge is 2.09. The topological polar surface area (TPSA) is 39.7 Å². The van der Waals surface area contributed by atoms with Gasteiger partial charge in [0.05, 0.1) is 18.9 Å². The Morgan fingerprint density at radius 2 is 1.80 bits per heavy atom. The molecule has 0 radical (unpaired) electrons. The molecular formula is C24H29Cl2NO3. The van der Waals surface area contributed by atoms with Crippen molar-refractivity contribution in [3.05, 3.63) is 76.3 Å². The summed E-state index contributed by atoms with van der Waals surface area (Å²) in [7, 11) is 0. The molecule has 162 valence electrons. The van der Waals surface area contributed by atoms with E-state index in [1.54, 1.807) is 6.08 Å². The number of hydrogen-bond donors (Lipinski definition) is 1. The summed E-state index contributed by atoms with van der Waals surface area (Å²) in [5.74, 6) is 1.70. The molecule has 0 amide bonds. The van der Waals surface area contributed by atoms with Crippen LogP contribution in [-0.2, 0) is 11.3 Å². The van der Waals surface area contributed by atoms with Crippen LogP contribution in [0.2, 0.25) is 0 Å². The number of unbranched alkanes of at least 4 members (excludes halogenated alkanes) is 1. The zero-order chi connectivity index (χ0) is 21.8. The minimum absolute atomic E-state index is 0.200. The molecule has 0 aliphatic carbocycles. The molecule has 30 heavy (non-hydrogen) atoms. The van der Waals surface area contributed by atoms with E-state index in [1.165, 1.54) is 0 Å². The average molecular weight is 450 g/mol. The average Bonchev–Trinajstić information content (AvgIpc) is 2.74. The molecule has 2 aromatic rings. The van der Waals surface area contributed by atoms with Crippen LogP contribution in [0.25, 0.3) is 5.70 Å². The van der Waals surface area contributed by atoms with E-state index in [9.17, 15) is 0 Å². The van der Waals surface area contributed by atoms with Crippen molar-refractivity contribution in [2.24, 2.45) is 0 Å². The fourth-order valence-electron chi connectivity index (χ4n) is 2.85. The lowest BCUT2D eigenvalue weighted by molar-refractivity contribution is 0.0732. The van der Waals surface area contributed by atoms with Crippen molar-refractivity contribution >= 4 is 28.9 Å². The first-order valence-electron chi connectivity index (χ1n) is 10.0. The van der Waals surface area contributed by atoms with Gasteiger partial charge in [-0.05, 0) is 61.1 Å². The summed E-state index contributed by atoms with van der Waals surface area (Å²) >= 11 is 11.2. The third-order valence-corrected chi connectivity index (χ3v) is 4.71. The van der Waals surface area contributed by atoms with E-state index in [4.69, 9.17) is 37.5 Å². The molecule has 0 aliphatic heterocycles. The van der Waals surface area contributed by atoms with E-state index in [-0.39, 0.29) is 4.49 Å². The van der Waals surface area contributed by atoms with Gasteiger partial charge < -0.3 is 9.47 Å². The van der Waals surface area contributed by atoms with Crippen LogP contribution in [0.5, 0.6) is 11.5 Å². The number of ether oxygens (including phenoxy) is 2. The highest BCUT2D eigenvalue weighted by molar-refractivity contribution is 6.55. The fraction of sp³-hybridized carbons (Fsp3) is 0.333. The van der Waals surface area contributed by atoms with Crippen LogP contribution < -0.4 is 15.0 Å². The van der Waals surface area contributed by atoms with Crippen LogP contribution in [0.4, 0.5) is 0 Å². The Labute approximate surface area is 189 Å². The SMILES string of the molecule is C=C(NOCCCCOc1c(C)cc(OCC=C(Cl)Cl)cc1CC)c1ccccc1. The van der Waals surface area contributed by atoms with Gasteiger partial charge in [-0.3, -0.25) is 10.3 Å². The molecule has 1 N–H and O–H groups in total. The van der Waals surface area contributed by atoms with Gasteiger partial charge in [0.15, 0.2) is 0 Å². The Hall–Kier alpha value is -2.14. The number of hydrogen-bond acceptors (Lipinski definition) is 4. The lowest BCUT2D eigenvalue weighted by Gasteiger charge is -2.16. The standard InChI is InChI=1S/C24H29Cl2NO3/c1-4-20-17-22(28-15-12-23(25)26)16-18(2)24(20)29-13-8-9-14-30-27-19(3)21-10-6-5-7-11-21/h5-7,10-12,16-17,27H,3-4,8-9,13-15H2,1-2H3. The minimum Gasteiger partial charge on any atom is -0.493 e. The number of rotatable bonds is 13. The van der Waals surface area contributed by atoms with Gasteiger partial charge in [-0.25, -0.2) is 0 Å². The summed E-state index contributed by atoms with van der Waals surface area (Å²) in [6.45, 7) is 9.63. The minimum atomic E-state index is 0.200. The van der Waals surface area contributed by atoms with Crippen molar-refractivity contribution in [1.82, 2.24) is 5.48 Å². The Morgan fingerprint density at radius 3 is 2.50 bits per heavy atom. The van der Waals surface area contributed by atoms with E-state index >= 15 is 0 Å². The van der Waals surface area contributed by atoms with Crippen LogP contribution in [0.3, 0.4) is 0 Å². The molecule has 0 saturated heterocycles. The second-order valence-corrected chi connectivity index (χ2v) is 7.75. The normalized spacial score (nSPS) is 10.4. The van der Waals surface area contributed by atoms with E-state index in [1.807, 2.05) is 49.4 Å². The summed E-state index contributed by atoms with van der Waals surface area (Å²) < 4.78 is 11.9. The highest BCUT2D eigenvalue weighted by Crippen LogP contribution is 2.30. The Balaban J connectivity index is 1.72. The maximum atomic E-state index is 6.05. The first-order chi connectivity index (χ1) is 14.5. The van der Waals surface area contributed by atoms with Gasteiger partial charge in [0, 0.05) is 0 Å². The zero-order valence-electron chi connectivity index (χ0n) is 17.5. The predicted octanol–water partition coefficient (Wildman–Crippen LogP) is 6.61. The van der Waals surface area contributed by atoms with E-state index < -0.39 is 0 Å². The zero-order valence-corrected chi connectivity index (χ0v) is 19.1. The summed E-state index contributed by atoms with van der Waals surface area (Å²) in [5.41, 5.74) is 6.82. The quantitative estimate of drug-likeness (QED) is 0.276. The van der Waals surface area contributed by atoms with E-state index in [0.29, 0.717) is 19.8 Å². The van der Waals surface area contributed by atoms with E-state index in [0.717, 1.165) is 53.1 Å². The molecule has 0 atom stereocenters. The summed E-state index contributed by atoms with van der Waals surface area (Å²) in [4.78, 5) is 5.50. The number of nitrogens with one attached hydrogen (secondary N) is 1. The van der Waals surface area contributed by atoms with Gasteiger partial charge in [0.1, 0.15) is 22.6 Å². The molecule has 0 saturated carbocycles. The van der Waals surface area contributed by atoms with Crippen LogP contribution >= 0.6 is 23.2 Å². The van der Waals surface area contributed by atoms with Gasteiger partial charge in [-0.15, -0.1) is 0 Å². The Morgan fingerprint density at radius 1 is 1.07 bits per heavy atom. The molecule has 2 rings (SSSR count). The van der Waals surface area contributed by atoms with Crippen molar-refractivity contribution in [3.8, 4) is 11.5 Å². The van der Waals surface area contributed by atoms with Crippen LogP contribution in [0, 0.1) is 6.92 Å². The molecule has 0 bridgehead atoms. The van der Waals surface area contributed by atoms with Gasteiger partial charge in [0.2, 0.25) is 0 Å². The molecule has 0 unspecified atom stereocenters. The largest absolute Gasteiger partial charge is 0.493 e. The number of aryl methyl sites for hydroxylation is 2. The number of hydroxylamine groups is 1. The third-order valence-electron chi connectivity index (χ3n) is 4.40. The van der Waals surface area contributed by atoms with Gasteiger partial charge >= 0.3 is 0 Å². The molecule has 2 aromatic carbocycles. The maximum absolute atomic E-state index is 6.05. The van der Waals surface area contributed by atoms with Gasteiger partial charge in [-0.1, -0.05) is 67.0 Å². The van der Waals surface area contributed by atoms with Crippen molar-refractivity contribution < 1.29 is 14.3 Å². The molecule has 0 aliphatic rings. The summed E-state index contributed by atoms with van der Waals surface area (Å²) in [6, 6.07) is 13.8. The molecule has 0 fully saturated rings. The van der Waals surface area contributed by atoms with Crippen molar-refractivity contribution in [1.29, 1.82) is 0 Å². The van der Waals surface area contributed by atoms with Gasteiger partial charge in [-0.2, -0.15) is 0 Å². The summed E-state index contributed by atoms with van der Waals surface area (Å²) in [6.07, 6.45) is 4.23. The van der Waals surface area contributed by atoms with Crippen LogP contribution in [0.15, 0.2) is 59.6 Å². The molecule has 0 aromatic heterocycles. The second-order valence-electron chi connectivity index (χ2n) is 6.74. The lowest BCUT2D eigenvalue weighted by Crippen LogP contribution is -2.14. The fourth-order valence-corrected chi connectivity index (χ4v) is 2.98. The monoisotopic (exact) mass is 449 g/mol. The van der Waals surface area contributed by atoms with Crippen LogP contribution in [-0.4, -0.2) is 19.8 Å². The lowest BCUT2D eigenvalue weighted by atomic mass is 10.1. The first-order valence-corrected chi connectivity index (χ1v) is 10.8. The van der Waals surface area contributed by atoms with Crippen molar-refractivity contribution in [3.63, 3.8) is 0 Å². The van der Waals surface area contributed by atoms with Gasteiger partial charge in [0.25, 0.3) is 0 Å². The van der Waals surface area contributed by atoms with Crippen molar-refractivity contribution in [2.75, 3.05) is 19.8 Å². The Bertz CT molecular complexity index is 834. The number of halogens is 2. The van der Waals surface area contributed by atoms with Crippen molar-refractivity contribution in [2.45, 2.75) is 33.1 Å².